The first-order valence-electron chi connectivity index (χ1n) is 4.69. The first-order chi connectivity index (χ1) is 6.31. The third kappa shape index (κ3) is 1.51. The quantitative estimate of drug-likeness (QED) is 0.683. The highest BCUT2D eigenvalue weighted by molar-refractivity contribution is 4.84. The number of aromatic amines is 1. The summed E-state index contributed by atoms with van der Waals surface area (Å²) in [6, 6.07) is 0.295. The molecule has 1 fully saturated rings. The van der Waals surface area contributed by atoms with Gasteiger partial charge in [0.25, 0.3) is 0 Å². The van der Waals surface area contributed by atoms with Crippen molar-refractivity contribution in [1.82, 2.24) is 14.8 Å². The molecule has 5 nitrogen and oxygen atoms in total. The fraction of sp³-hybridized carbons (Fsp3) is 0.750. The molecular formula is C8H14N4O. The van der Waals surface area contributed by atoms with Crippen LogP contribution in [0.2, 0.25) is 0 Å². The molecule has 3 N–H and O–H groups in total. The molecule has 1 saturated carbocycles. The summed E-state index contributed by atoms with van der Waals surface area (Å²) in [5, 5.41) is 4.13. The van der Waals surface area contributed by atoms with Crippen LogP contribution in [0, 0.1) is 0 Å². The molecule has 0 aliphatic heterocycles. The van der Waals surface area contributed by atoms with Crippen molar-refractivity contribution in [2.45, 2.75) is 38.3 Å². The Morgan fingerprint density at radius 1 is 1.54 bits per heavy atom. The van der Waals surface area contributed by atoms with E-state index in [9.17, 15) is 4.79 Å². The SMILES string of the molecule is NCc1nn(C2CCCC2)c(=O)[nH]1. The lowest BCUT2D eigenvalue weighted by atomic mass is 10.3. The largest absolute Gasteiger partial charge is 0.343 e. The van der Waals surface area contributed by atoms with E-state index in [0.29, 0.717) is 18.4 Å². The van der Waals surface area contributed by atoms with Crippen LogP contribution in [0.25, 0.3) is 0 Å². The van der Waals surface area contributed by atoms with Gasteiger partial charge in [-0.05, 0) is 12.8 Å². The fourth-order valence-electron chi connectivity index (χ4n) is 1.87. The van der Waals surface area contributed by atoms with E-state index < -0.39 is 0 Å². The van der Waals surface area contributed by atoms with Crippen molar-refractivity contribution >= 4 is 0 Å². The molecule has 1 aromatic heterocycles. The van der Waals surface area contributed by atoms with E-state index in [4.69, 9.17) is 5.73 Å². The minimum atomic E-state index is -0.118. The highest BCUT2D eigenvalue weighted by Gasteiger charge is 2.20. The Morgan fingerprint density at radius 3 is 2.77 bits per heavy atom. The zero-order chi connectivity index (χ0) is 9.26. The molecule has 0 spiro atoms. The van der Waals surface area contributed by atoms with E-state index >= 15 is 0 Å². The van der Waals surface area contributed by atoms with Gasteiger partial charge in [0, 0.05) is 0 Å². The maximum atomic E-state index is 11.4. The molecule has 1 heterocycles. The Hall–Kier alpha value is -1.10. The molecule has 2 rings (SSSR count). The molecule has 0 radical (unpaired) electrons. The molecule has 13 heavy (non-hydrogen) atoms. The second kappa shape index (κ2) is 3.33. The Labute approximate surface area is 75.9 Å². The highest BCUT2D eigenvalue weighted by atomic mass is 16.2. The second-order valence-electron chi connectivity index (χ2n) is 3.46. The van der Waals surface area contributed by atoms with Crippen LogP contribution in [0.3, 0.4) is 0 Å². The lowest BCUT2D eigenvalue weighted by Gasteiger charge is -2.05. The number of H-pyrrole nitrogens is 1. The van der Waals surface area contributed by atoms with Gasteiger partial charge in [0.2, 0.25) is 0 Å². The zero-order valence-electron chi connectivity index (χ0n) is 7.49. The smallest absolute Gasteiger partial charge is 0.324 e. The third-order valence-electron chi connectivity index (χ3n) is 2.55. The molecule has 1 aliphatic rings. The lowest BCUT2D eigenvalue weighted by molar-refractivity contribution is 0.449. The summed E-state index contributed by atoms with van der Waals surface area (Å²) in [7, 11) is 0. The summed E-state index contributed by atoms with van der Waals surface area (Å²) in [6.45, 7) is 0.301. The minimum absolute atomic E-state index is 0.118. The Morgan fingerprint density at radius 2 is 2.23 bits per heavy atom. The van der Waals surface area contributed by atoms with Crippen LogP contribution in [0.4, 0.5) is 0 Å². The van der Waals surface area contributed by atoms with Gasteiger partial charge >= 0.3 is 5.69 Å². The lowest BCUT2D eigenvalue weighted by Crippen LogP contribution is -2.21. The van der Waals surface area contributed by atoms with Gasteiger partial charge < -0.3 is 5.73 Å². The van der Waals surface area contributed by atoms with Crippen molar-refractivity contribution < 1.29 is 0 Å². The van der Waals surface area contributed by atoms with Gasteiger partial charge in [-0.15, -0.1) is 0 Å². The van der Waals surface area contributed by atoms with Crippen molar-refractivity contribution in [3.8, 4) is 0 Å². The van der Waals surface area contributed by atoms with Crippen LogP contribution >= 0.6 is 0 Å². The molecule has 72 valence electrons. The average molecular weight is 182 g/mol. The Kier molecular flexibility index (Phi) is 2.18. The predicted molar refractivity (Wildman–Crippen MR) is 48.2 cm³/mol. The maximum absolute atomic E-state index is 11.4. The van der Waals surface area contributed by atoms with Gasteiger partial charge in [-0.25, -0.2) is 9.48 Å². The molecule has 0 amide bonds. The van der Waals surface area contributed by atoms with Crippen molar-refractivity contribution in [3.05, 3.63) is 16.3 Å². The van der Waals surface area contributed by atoms with E-state index in [0.717, 1.165) is 12.8 Å². The van der Waals surface area contributed by atoms with Crippen molar-refractivity contribution in [2.75, 3.05) is 0 Å². The van der Waals surface area contributed by atoms with Gasteiger partial charge in [-0.3, -0.25) is 4.98 Å². The molecule has 0 bridgehead atoms. The number of hydrogen-bond donors (Lipinski definition) is 2. The van der Waals surface area contributed by atoms with Crippen LogP contribution in [0.1, 0.15) is 37.5 Å². The van der Waals surface area contributed by atoms with E-state index in [2.05, 4.69) is 10.1 Å². The van der Waals surface area contributed by atoms with Gasteiger partial charge in [0.05, 0.1) is 12.6 Å². The van der Waals surface area contributed by atoms with Gasteiger partial charge in [0.1, 0.15) is 5.82 Å². The van der Waals surface area contributed by atoms with Crippen LogP contribution in [0.15, 0.2) is 4.79 Å². The number of aromatic nitrogens is 3. The maximum Gasteiger partial charge on any atom is 0.343 e. The zero-order valence-corrected chi connectivity index (χ0v) is 7.49. The first-order valence-corrected chi connectivity index (χ1v) is 4.69. The van der Waals surface area contributed by atoms with Crippen molar-refractivity contribution in [3.63, 3.8) is 0 Å². The van der Waals surface area contributed by atoms with E-state index in [-0.39, 0.29) is 5.69 Å². The van der Waals surface area contributed by atoms with Crippen molar-refractivity contribution in [2.24, 2.45) is 5.73 Å². The van der Waals surface area contributed by atoms with Crippen LogP contribution in [-0.2, 0) is 6.54 Å². The molecule has 0 atom stereocenters. The van der Waals surface area contributed by atoms with Gasteiger partial charge in [-0.2, -0.15) is 5.10 Å². The molecule has 0 saturated heterocycles. The molecular weight excluding hydrogens is 168 g/mol. The topological polar surface area (TPSA) is 76.7 Å². The Bertz CT molecular complexity index is 334. The van der Waals surface area contributed by atoms with Crippen molar-refractivity contribution in [1.29, 1.82) is 0 Å². The standard InChI is InChI=1S/C8H14N4O/c9-5-7-10-8(13)12(11-7)6-3-1-2-4-6/h6H,1-5,9H2,(H,10,11,13). The molecule has 0 unspecified atom stereocenters. The molecule has 1 aliphatic carbocycles. The van der Waals surface area contributed by atoms with Crippen LogP contribution in [0.5, 0.6) is 0 Å². The number of rotatable bonds is 2. The van der Waals surface area contributed by atoms with Gasteiger partial charge in [0.15, 0.2) is 0 Å². The summed E-state index contributed by atoms with van der Waals surface area (Å²) < 4.78 is 1.55. The number of nitrogens with two attached hydrogens (primary N) is 1. The minimum Gasteiger partial charge on any atom is -0.324 e. The molecule has 5 heteroatoms. The normalized spacial score (nSPS) is 18.2. The molecule has 1 aromatic rings. The highest BCUT2D eigenvalue weighted by Crippen LogP contribution is 2.27. The van der Waals surface area contributed by atoms with Crippen LogP contribution in [-0.4, -0.2) is 14.8 Å². The summed E-state index contributed by atoms with van der Waals surface area (Å²) >= 11 is 0. The first kappa shape index (κ1) is 8.50. The monoisotopic (exact) mass is 182 g/mol. The van der Waals surface area contributed by atoms with Gasteiger partial charge in [-0.1, -0.05) is 12.8 Å². The number of hydrogen-bond acceptors (Lipinski definition) is 3. The summed E-state index contributed by atoms with van der Waals surface area (Å²) in [5.74, 6) is 0.580. The number of nitrogens with one attached hydrogen (secondary N) is 1. The summed E-state index contributed by atoms with van der Waals surface area (Å²) in [6.07, 6.45) is 4.52. The summed E-state index contributed by atoms with van der Waals surface area (Å²) in [4.78, 5) is 14.0. The molecule has 0 aromatic carbocycles. The summed E-state index contributed by atoms with van der Waals surface area (Å²) in [5.41, 5.74) is 5.27. The van der Waals surface area contributed by atoms with E-state index in [1.165, 1.54) is 12.8 Å². The Balaban J connectivity index is 2.28. The number of nitrogens with zero attached hydrogens (tertiary/aromatic N) is 2. The van der Waals surface area contributed by atoms with E-state index in [1.54, 1.807) is 4.68 Å². The average Bonchev–Trinajstić information content (AvgIpc) is 2.72. The van der Waals surface area contributed by atoms with E-state index in [1.807, 2.05) is 0 Å². The third-order valence-corrected chi connectivity index (χ3v) is 2.55. The fourth-order valence-corrected chi connectivity index (χ4v) is 1.87. The second-order valence-corrected chi connectivity index (χ2v) is 3.46. The predicted octanol–water partition coefficient (Wildman–Crippen LogP) is 0.145. The van der Waals surface area contributed by atoms with Crippen LogP contribution < -0.4 is 11.4 Å².